The molecule has 0 N–H and O–H groups in total. The van der Waals surface area contributed by atoms with Gasteiger partial charge in [0, 0.05) is 16.3 Å². The molecule has 206 valence electrons. The first-order valence-electron chi connectivity index (χ1n) is 15.2. The summed E-state index contributed by atoms with van der Waals surface area (Å²) in [5.74, 6) is 0. The standard InChI is InChI=1S/C43H28O/c1-2-15-29(16-3-1)43(39-26-11-7-20-33(39)34-21-8-12-27-40(34)43)38-25-10-6-19-32(38)30-17-4-5-18-31(30)36-23-14-24-37-35-22-9-13-28-41(35)44-42(36)37/h1-28H. The molecule has 7 aromatic carbocycles. The van der Waals surface area contributed by atoms with E-state index in [9.17, 15) is 0 Å². The largest absolute Gasteiger partial charge is 0.455 e. The highest BCUT2D eigenvalue weighted by Gasteiger charge is 2.47. The summed E-state index contributed by atoms with van der Waals surface area (Å²) in [5, 5.41) is 2.28. The Labute approximate surface area is 256 Å². The lowest BCUT2D eigenvalue weighted by molar-refractivity contribution is 0.670. The summed E-state index contributed by atoms with van der Waals surface area (Å²) in [7, 11) is 0. The molecular formula is C43H28O. The van der Waals surface area contributed by atoms with Crippen molar-refractivity contribution < 1.29 is 4.42 Å². The van der Waals surface area contributed by atoms with E-state index in [1.54, 1.807) is 0 Å². The fourth-order valence-electron chi connectivity index (χ4n) is 7.64. The van der Waals surface area contributed by atoms with Crippen molar-refractivity contribution in [3.8, 4) is 33.4 Å². The van der Waals surface area contributed by atoms with Gasteiger partial charge in [0.1, 0.15) is 11.2 Å². The Balaban J connectivity index is 1.37. The zero-order chi connectivity index (χ0) is 29.1. The molecule has 0 saturated carbocycles. The summed E-state index contributed by atoms with van der Waals surface area (Å²) < 4.78 is 6.54. The zero-order valence-corrected chi connectivity index (χ0v) is 24.1. The fraction of sp³-hybridized carbons (Fsp3) is 0.0233. The van der Waals surface area contributed by atoms with Crippen molar-refractivity contribution in [3.05, 3.63) is 192 Å². The molecule has 44 heavy (non-hydrogen) atoms. The molecule has 8 aromatic rings. The van der Waals surface area contributed by atoms with Gasteiger partial charge >= 0.3 is 0 Å². The summed E-state index contributed by atoms with van der Waals surface area (Å²) in [6.45, 7) is 0. The zero-order valence-electron chi connectivity index (χ0n) is 24.1. The van der Waals surface area contributed by atoms with Crippen LogP contribution in [0, 0.1) is 0 Å². The molecule has 0 unspecified atom stereocenters. The van der Waals surface area contributed by atoms with Crippen molar-refractivity contribution in [2.24, 2.45) is 0 Å². The van der Waals surface area contributed by atoms with Crippen molar-refractivity contribution in [2.45, 2.75) is 5.41 Å². The quantitative estimate of drug-likeness (QED) is 0.209. The molecule has 0 radical (unpaired) electrons. The molecule has 1 aromatic heterocycles. The van der Waals surface area contributed by atoms with Crippen LogP contribution in [0.4, 0.5) is 0 Å². The van der Waals surface area contributed by atoms with Crippen molar-refractivity contribution in [3.63, 3.8) is 0 Å². The second-order valence-electron chi connectivity index (χ2n) is 11.6. The fourth-order valence-corrected chi connectivity index (χ4v) is 7.64. The van der Waals surface area contributed by atoms with E-state index in [0.29, 0.717) is 0 Å². The molecule has 1 heterocycles. The number of benzene rings is 7. The Kier molecular flexibility index (Phi) is 5.48. The average Bonchev–Trinajstić information content (AvgIpc) is 3.63. The lowest BCUT2D eigenvalue weighted by Gasteiger charge is -2.35. The van der Waals surface area contributed by atoms with E-state index in [1.165, 1.54) is 44.5 Å². The molecule has 0 aliphatic heterocycles. The first-order valence-corrected chi connectivity index (χ1v) is 15.2. The molecule has 1 heteroatoms. The van der Waals surface area contributed by atoms with Crippen LogP contribution in [-0.2, 0) is 5.41 Å². The molecular weight excluding hydrogens is 532 g/mol. The lowest BCUT2D eigenvalue weighted by atomic mass is 9.65. The van der Waals surface area contributed by atoms with E-state index in [0.717, 1.165) is 33.1 Å². The second-order valence-corrected chi connectivity index (χ2v) is 11.6. The number of rotatable bonds is 4. The highest BCUT2D eigenvalue weighted by atomic mass is 16.3. The van der Waals surface area contributed by atoms with E-state index in [2.05, 4.69) is 164 Å². The molecule has 9 rings (SSSR count). The first kappa shape index (κ1) is 24.9. The Bertz CT molecular complexity index is 2290. The van der Waals surface area contributed by atoms with Gasteiger partial charge in [-0.15, -0.1) is 0 Å². The molecule has 0 fully saturated rings. The van der Waals surface area contributed by atoms with E-state index in [-0.39, 0.29) is 0 Å². The maximum absolute atomic E-state index is 6.54. The van der Waals surface area contributed by atoms with Gasteiger partial charge in [0.15, 0.2) is 0 Å². The first-order chi connectivity index (χ1) is 21.9. The monoisotopic (exact) mass is 560 g/mol. The molecule has 1 nitrogen and oxygen atoms in total. The van der Waals surface area contributed by atoms with Crippen LogP contribution >= 0.6 is 0 Å². The minimum atomic E-state index is -0.483. The molecule has 1 aliphatic carbocycles. The summed E-state index contributed by atoms with van der Waals surface area (Å²) in [5.41, 5.74) is 13.8. The average molecular weight is 561 g/mol. The Hall–Kier alpha value is -5.66. The highest BCUT2D eigenvalue weighted by molar-refractivity contribution is 6.10. The van der Waals surface area contributed by atoms with Crippen LogP contribution in [0.5, 0.6) is 0 Å². The van der Waals surface area contributed by atoms with Crippen molar-refractivity contribution >= 4 is 21.9 Å². The van der Waals surface area contributed by atoms with E-state index < -0.39 is 5.41 Å². The molecule has 1 aliphatic rings. The van der Waals surface area contributed by atoms with E-state index >= 15 is 0 Å². The van der Waals surface area contributed by atoms with Crippen LogP contribution in [0.15, 0.2) is 174 Å². The van der Waals surface area contributed by atoms with E-state index in [1.807, 2.05) is 6.07 Å². The van der Waals surface area contributed by atoms with E-state index in [4.69, 9.17) is 4.42 Å². The molecule has 0 spiro atoms. The van der Waals surface area contributed by atoms with Gasteiger partial charge in [-0.05, 0) is 56.1 Å². The van der Waals surface area contributed by atoms with Crippen molar-refractivity contribution in [2.75, 3.05) is 0 Å². The van der Waals surface area contributed by atoms with Crippen molar-refractivity contribution in [1.29, 1.82) is 0 Å². The van der Waals surface area contributed by atoms with Gasteiger partial charge in [-0.2, -0.15) is 0 Å². The summed E-state index contributed by atoms with van der Waals surface area (Å²) in [6, 6.07) is 61.5. The maximum Gasteiger partial charge on any atom is 0.143 e. The van der Waals surface area contributed by atoms with Gasteiger partial charge in [0.25, 0.3) is 0 Å². The number of para-hydroxylation sites is 2. The number of furan rings is 1. The van der Waals surface area contributed by atoms with Crippen LogP contribution in [0.25, 0.3) is 55.3 Å². The predicted molar refractivity (Wildman–Crippen MR) is 182 cm³/mol. The third-order valence-electron chi connectivity index (χ3n) is 9.40. The van der Waals surface area contributed by atoms with Crippen LogP contribution in [-0.4, -0.2) is 0 Å². The number of hydrogen-bond acceptors (Lipinski definition) is 1. The Morgan fingerprint density at radius 2 is 0.750 bits per heavy atom. The summed E-state index contributed by atoms with van der Waals surface area (Å²) >= 11 is 0. The van der Waals surface area contributed by atoms with Crippen LogP contribution in [0.2, 0.25) is 0 Å². The minimum absolute atomic E-state index is 0.483. The minimum Gasteiger partial charge on any atom is -0.455 e. The van der Waals surface area contributed by atoms with Gasteiger partial charge in [-0.3, -0.25) is 0 Å². The van der Waals surface area contributed by atoms with Gasteiger partial charge in [0.05, 0.1) is 5.41 Å². The third kappa shape index (κ3) is 3.41. The van der Waals surface area contributed by atoms with Crippen LogP contribution in [0.3, 0.4) is 0 Å². The topological polar surface area (TPSA) is 13.1 Å². The van der Waals surface area contributed by atoms with Gasteiger partial charge < -0.3 is 4.42 Å². The predicted octanol–water partition coefficient (Wildman–Crippen LogP) is 11.3. The van der Waals surface area contributed by atoms with Crippen LogP contribution < -0.4 is 0 Å². The maximum atomic E-state index is 6.54. The van der Waals surface area contributed by atoms with Crippen molar-refractivity contribution in [1.82, 2.24) is 0 Å². The Morgan fingerprint density at radius 1 is 0.318 bits per heavy atom. The molecule has 0 bridgehead atoms. The third-order valence-corrected chi connectivity index (χ3v) is 9.40. The lowest BCUT2D eigenvalue weighted by Crippen LogP contribution is -2.29. The van der Waals surface area contributed by atoms with Gasteiger partial charge in [-0.1, -0.05) is 164 Å². The highest BCUT2D eigenvalue weighted by Crippen LogP contribution is 2.58. The second kappa shape index (κ2) is 9.69. The number of hydrogen-bond donors (Lipinski definition) is 0. The number of fused-ring (bicyclic) bond motifs is 6. The molecule has 0 atom stereocenters. The van der Waals surface area contributed by atoms with Gasteiger partial charge in [0.2, 0.25) is 0 Å². The summed E-state index contributed by atoms with van der Waals surface area (Å²) in [6.07, 6.45) is 0. The smallest absolute Gasteiger partial charge is 0.143 e. The van der Waals surface area contributed by atoms with Crippen LogP contribution in [0.1, 0.15) is 22.3 Å². The summed E-state index contributed by atoms with van der Waals surface area (Å²) in [4.78, 5) is 0. The normalized spacial score (nSPS) is 13.2. The SMILES string of the molecule is c1ccc(C2(c3ccccc3-c3ccccc3-c3cccc4c3oc3ccccc34)c3ccccc3-c3ccccc32)cc1. The van der Waals surface area contributed by atoms with Gasteiger partial charge in [-0.25, -0.2) is 0 Å². The molecule has 0 amide bonds. The Morgan fingerprint density at radius 3 is 1.39 bits per heavy atom. The molecule has 0 saturated heterocycles.